The van der Waals surface area contributed by atoms with Crippen molar-refractivity contribution >= 4 is 5.91 Å². The molecule has 25 heavy (non-hydrogen) atoms. The summed E-state index contributed by atoms with van der Waals surface area (Å²) >= 11 is 0. The van der Waals surface area contributed by atoms with Gasteiger partial charge in [0.1, 0.15) is 11.5 Å². The molecule has 1 fully saturated rings. The minimum atomic E-state index is -0.945. The van der Waals surface area contributed by atoms with E-state index >= 15 is 0 Å². The van der Waals surface area contributed by atoms with Crippen molar-refractivity contribution < 1.29 is 14.3 Å². The Morgan fingerprint density at radius 1 is 1.36 bits per heavy atom. The third kappa shape index (κ3) is 4.24. The van der Waals surface area contributed by atoms with Crippen molar-refractivity contribution in [1.29, 1.82) is 0 Å². The average Bonchev–Trinajstić information content (AvgIpc) is 3.15. The molecule has 7 heteroatoms. The quantitative estimate of drug-likeness (QED) is 0.886. The first kappa shape index (κ1) is 17.6. The predicted molar refractivity (Wildman–Crippen MR) is 91.4 cm³/mol. The van der Waals surface area contributed by atoms with Gasteiger partial charge in [-0.05, 0) is 37.2 Å². The van der Waals surface area contributed by atoms with Gasteiger partial charge in [0, 0.05) is 32.9 Å². The van der Waals surface area contributed by atoms with Crippen LogP contribution in [-0.2, 0) is 13.6 Å². The number of rotatable bonds is 5. The van der Waals surface area contributed by atoms with Crippen LogP contribution in [0.1, 0.15) is 22.5 Å². The Hall–Kier alpha value is -2.25. The minimum absolute atomic E-state index is 0.155. The van der Waals surface area contributed by atoms with E-state index in [4.69, 9.17) is 0 Å². The van der Waals surface area contributed by atoms with Crippen LogP contribution >= 0.6 is 0 Å². The number of β-amino-alcohol motifs (C(OH)–C–C–N with tert-alkyl or cyclic N) is 1. The SMILES string of the molecule is CN(Cc1ccc(F)cc1)CC1(O)CCN(C(=O)c2ccn(C)n2)C1. The lowest BCUT2D eigenvalue weighted by molar-refractivity contribution is 0.0163. The van der Waals surface area contributed by atoms with Crippen molar-refractivity contribution in [2.75, 3.05) is 26.7 Å². The molecular formula is C18H23FN4O2. The first-order valence-corrected chi connectivity index (χ1v) is 8.29. The van der Waals surface area contributed by atoms with Crippen molar-refractivity contribution in [2.24, 2.45) is 7.05 Å². The summed E-state index contributed by atoms with van der Waals surface area (Å²) in [5, 5.41) is 15.0. The number of benzene rings is 1. The highest BCUT2D eigenvalue weighted by Gasteiger charge is 2.39. The zero-order valence-corrected chi connectivity index (χ0v) is 14.5. The van der Waals surface area contributed by atoms with Crippen LogP contribution in [-0.4, -0.2) is 62.9 Å². The van der Waals surface area contributed by atoms with Crippen molar-refractivity contribution in [1.82, 2.24) is 19.6 Å². The van der Waals surface area contributed by atoms with E-state index in [-0.39, 0.29) is 18.3 Å². The summed E-state index contributed by atoms with van der Waals surface area (Å²) in [6.45, 7) is 1.85. The lowest BCUT2D eigenvalue weighted by atomic mass is 10.0. The fraction of sp³-hybridized carbons (Fsp3) is 0.444. The van der Waals surface area contributed by atoms with E-state index in [0.29, 0.717) is 31.7 Å². The molecule has 1 N–H and O–H groups in total. The van der Waals surface area contributed by atoms with Crippen LogP contribution in [0, 0.1) is 5.82 Å². The molecule has 1 amide bonds. The summed E-state index contributed by atoms with van der Waals surface area (Å²) in [6, 6.07) is 8.02. The molecule has 0 bridgehead atoms. The number of likely N-dealkylation sites (tertiary alicyclic amines) is 1. The largest absolute Gasteiger partial charge is 0.387 e. The standard InChI is InChI=1S/C18H23FN4O2/c1-21(11-14-3-5-15(19)6-4-14)12-18(25)8-10-23(13-18)17(24)16-7-9-22(2)20-16/h3-7,9,25H,8,10-13H2,1-2H3. The van der Waals surface area contributed by atoms with Gasteiger partial charge in [0.05, 0.1) is 12.1 Å². The first-order chi connectivity index (χ1) is 11.8. The Labute approximate surface area is 146 Å². The Morgan fingerprint density at radius 3 is 2.72 bits per heavy atom. The van der Waals surface area contributed by atoms with Gasteiger partial charge < -0.3 is 10.0 Å². The number of nitrogens with zero attached hydrogens (tertiary/aromatic N) is 4. The van der Waals surface area contributed by atoms with Crippen molar-refractivity contribution in [3.63, 3.8) is 0 Å². The molecule has 1 atom stereocenters. The maximum Gasteiger partial charge on any atom is 0.274 e. The molecular weight excluding hydrogens is 323 g/mol. The monoisotopic (exact) mass is 346 g/mol. The number of hydrogen-bond acceptors (Lipinski definition) is 4. The lowest BCUT2D eigenvalue weighted by Gasteiger charge is -2.29. The summed E-state index contributed by atoms with van der Waals surface area (Å²) in [4.78, 5) is 16.1. The Morgan fingerprint density at radius 2 is 2.08 bits per heavy atom. The number of aryl methyl sites for hydroxylation is 1. The number of halogens is 1. The predicted octanol–water partition coefficient (Wildman–Crippen LogP) is 1.27. The Bertz CT molecular complexity index is 746. The first-order valence-electron chi connectivity index (χ1n) is 8.29. The average molecular weight is 346 g/mol. The molecule has 0 radical (unpaired) electrons. The van der Waals surface area contributed by atoms with Gasteiger partial charge in [0.15, 0.2) is 0 Å². The van der Waals surface area contributed by atoms with Gasteiger partial charge in [0.2, 0.25) is 0 Å². The van der Waals surface area contributed by atoms with Gasteiger partial charge in [-0.1, -0.05) is 12.1 Å². The summed E-state index contributed by atoms with van der Waals surface area (Å²) in [5.74, 6) is -0.415. The number of aliphatic hydroxyl groups is 1. The van der Waals surface area contributed by atoms with E-state index in [2.05, 4.69) is 5.10 Å². The molecule has 2 aromatic rings. The molecule has 3 rings (SSSR count). The smallest absolute Gasteiger partial charge is 0.274 e. The van der Waals surface area contributed by atoms with E-state index in [1.807, 2.05) is 11.9 Å². The number of amides is 1. The van der Waals surface area contributed by atoms with E-state index in [1.54, 1.807) is 41.0 Å². The van der Waals surface area contributed by atoms with E-state index in [1.165, 1.54) is 12.1 Å². The molecule has 1 aliphatic heterocycles. The number of hydrogen-bond donors (Lipinski definition) is 1. The number of aromatic nitrogens is 2. The molecule has 1 saturated heterocycles. The Kier molecular flexibility index (Phi) is 4.87. The summed E-state index contributed by atoms with van der Waals surface area (Å²) < 4.78 is 14.6. The summed E-state index contributed by atoms with van der Waals surface area (Å²) in [7, 11) is 3.67. The summed E-state index contributed by atoms with van der Waals surface area (Å²) in [6.07, 6.45) is 2.26. The fourth-order valence-corrected chi connectivity index (χ4v) is 3.31. The van der Waals surface area contributed by atoms with E-state index < -0.39 is 5.60 Å². The lowest BCUT2D eigenvalue weighted by Crippen LogP contribution is -2.44. The molecule has 1 aromatic heterocycles. The van der Waals surface area contributed by atoms with Gasteiger partial charge in [-0.25, -0.2) is 4.39 Å². The molecule has 1 aliphatic rings. The zero-order valence-electron chi connectivity index (χ0n) is 14.5. The molecule has 0 saturated carbocycles. The molecule has 1 unspecified atom stereocenters. The van der Waals surface area contributed by atoms with Crippen LogP contribution in [0.5, 0.6) is 0 Å². The maximum absolute atomic E-state index is 13.0. The normalized spacial score (nSPS) is 20.4. The van der Waals surface area contributed by atoms with Crippen LogP contribution in [0.15, 0.2) is 36.5 Å². The van der Waals surface area contributed by atoms with Crippen LogP contribution in [0.3, 0.4) is 0 Å². The topological polar surface area (TPSA) is 61.6 Å². The minimum Gasteiger partial charge on any atom is -0.387 e. The number of likely N-dealkylation sites (N-methyl/N-ethyl adjacent to an activating group) is 1. The maximum atomic E-state index is 13.0. The van der Waals surface area contributed by atoms with Gasteiger partial charge in [-0.3, -0.25) is 14.4 Å². The third-order valence-electron chi connectivity index (χ3n) is 4.48. The van der Waals surface area contributed by atoms with Gasteiger partial charge in [0.25, 0.3) is 5.91 Å². The highest BCUT2D eigenvalue weighted by molar-refractivity contribution is 5.92. The Balaban J connectivity index is 1.57. The van der Waals surface area contributed by atoms with E-state index in [9.17, 15) is 14.3 Å². The number of carbonyl (C=O) groups is 1. The van der Waals surface area contributed by atoms with E-state index in [0.717, 1.165) is 5.56 Å². The molecule has 0 aliphatic carbocycles. The highest BCUT2D eigenvalue weighted by Crippen LogP contribution is 2.24. The zero-order chi connectivity index (χ0) is 18.0. The van der Waals surface area contributed by atoms with Gasteiger partial charge in [-0.15, -0.1) is 0 Å². The second kappa shape index (κ2) is 6.93. The third-order valence-corrected chi connectivity index (χ3v) is 4.48. The fourth-order valence-electron chi connectivity index (χ4n) is 3.31. The molecule has 0 spiro atoms. The highest BCUT2D eigenvalue weighted by atomic mass is 19.1. The second-order valence-electron chi connectivity index (χ2n) is 6.87. The summed E-state index contributed by atoms with van der Waals surface area (Å²) in [5.41, 5.74) is 0.428. The van der Waals surface area contributed by atoms with Crippen molar-refractivity contribution in [3.8, 4) is 0 Å². The van der Waals surface area contributed by atoms with Gasteiger partial charge >= 0.3 is 0 Å². The van der Waals surface area contributed by atoms with Crippen LogP contribution in [0.2, 0.25) is 0 Å². The van der Waals surface area contributed by atoms with Crippen LogP contribution < -0.4 is 0 Å². The van der Waals surface area contributed by atoms with Crippen LogP contribution in [0.4, 0.5) is 4.39 Å². The second-order valence-corrected chi connectivity index (χ2v) is 6.87. The molecule has 134 valence electrons. The molecule has 2 heterocycles. The molecule has 1 aromatic carbocycles. The van der Waals surface area contributed by atoms with Crippen LogP contribution in [0.25, 0.3) is 0 Å². The molecule has 6 nitrogen and oxygen atoms in total. The van der Waals surface area contributed by atoms with Crippen molar-refractivity contribution in [2.45, 2.75) is 18.6 Å². The number of carbonyl (C=O) groups excluding carboxylic acids is 1. The van der Waals surface area contributed by atoms with Crippen molar-refractivity contribution in [3.05, 3.63) is 53.6 Å². The van der Waals surface area contributed by atoms with Gasteiger partial charge in [-0.2, -0.15) is 5.10 Å².